The molecule has 6 rings (SSSR count). The lowest BCUT2D eigenvalue weighted by molar-refractivity contribution is -0.143. The largest absolute Gasteiger partial charge is 0.508 e. The maximum Gasteiger partial charge on any atom is 0.407 e. The van der Waals surface area contributed by atoms with Crippen LogP contribution in [0.2, 0.25) is 0 Å². The van der Waals surface area contributed by atoms with E-state index in [1.807, 2.05) is 30.5 Å². The van der Waals surface area contributed by atoms with E-state index in [1.54, 1.807) is 63.2 Å². The van der Waals surface area contributed by atoms with Gasteiger partial charge in [0.15, 0.2) is 5.78 Å². The number of fused-ring (bicyclic) bond motifs is 1. The van der Waals surface area contributed by atoms with E-state index in [9.17, 15) is 39.0 Å². The molecule has 2 aliphatic heterocycles. The van der Waals surface area contributed by atoms with Gasteiger partial charge >= 0.3 is 6.09 Å². The number of aliphatic hydroxyl groups is 1. The Hall–Kier alpha value is -7.87. The van der Waals surface area contributed by atoms with E-state index in [0.717, 1.165) is 21.4 Å². The van der Waals surface area contributed by atoms with Crippen molar-refractivity contribution in [2.45, 2.75) is 141 Å². The third-order valence-corrected chi connectivity index (χ3v) is 14.2. The molecule has 1 fully saturated rings. The number of phenolic OH excluding ortho intramolecular Hbond substituents is 1. The number of aromatic amines is 1. The van der Waals surface area contributed by atoms with Crippen molar-refractivity contribution in [3.8, 4) is 5.75 Å². The maximum absolute atomic E-state index is 15.1. The Kier molecular flexibility index (Phi) is 21.9. The molecule has 4 aromatic rings. The number of para-hydroxylation sites is 1. The molecule has 8 N–H and O–H groups in total. The van der Waals surface area contributed by atoms with Gasteiger partial charge in [-0.1, -0.05) is 67.1 Å². The zero-order valence-electron chi connectivity index (χ0n) is 45.8. The molecule has 79 heavy (non-hydrogen) atoms. The number of Topliss-reactive ketones (excluding diaryl/α,β-unsaturated/α-hetero) is 1. The van der Waals surface area contributed by atoms with Crippen molar-refractivity contribution >= 4 is 64.1 Å². The Morgan fingerprint density at radius 1 is 0.734 bits per heavy atom. The van der Waals surface area contributed by atoms with Crippen molar-refractivity contribution in [1.29, 1.82) is 0 Å². The number of nitrogens with zero attached hydrogens (tertiary/aromatic N) is 2. The molecule has 3 aromatic carbocycles. The summed E-state index contributed by atoms with van der Waals surface area (Å²) in [7, 11) is 1.39. The lowest BCUT2D eigenvalue weighted by Gasteiger charge is -2.33. The molecular weight excluding hydrogens is 1010 g/mol. The van der Waals surface area contributed by atoms with Gasteiger partial charge in [-0.3, -0.25) is 43.3 Å². The molecular formula is C59H76N8O12. The van der Waals surface area contributed by atoms with Crippen LogP contribution >= 0.6 is 0 Å². The van der Waals surface area contributed by atoms with E-state index in [-0.39, 0.29) is 70.3 Å². The second kappa shape index (κ2) is 28.7. The standard InChI is InChI=1S/C59H76N8O12/c1-37(68)53-56(76)64-47(33-38-14-7-6-8-15-38)57(77)66(5)48(25-26-50(71)60-30-13-31-67-51(72)27-28-52(67)73)49(70)35-41(32-39-19-23-44(69)24-20-39)55(75)63-43(34-42-36-62-46-18-10-9-17-45(42)46)22-21-40(54(74)65-53)16-11-12-29-61-58(78)79-59(2,3)4/h6-10,14-15,17-20,23-24,27-28,36-37,40-41,43,47-48,53,62,68-69H,11-13,16,21-22,25-26,29-35H2,1-5H3,(H,60,71)(H,61,78)(H,63,75)(H,64,76)(H,65,74)/t37-,40-,41-,43+,47+,48+,53+/m1/s1. The topological polar surface area (TPSA) is 286 Å². The molecule has 20 heteroatoms. The zero-order valence-corrected chi connectivity index (χ0v) is 45.8. The number of carbonyl (C=O) groups excluding carboxylic acids is 9. The molecule has 1 saturated heterocycles. The van der Waals surface area contributed by atoms with Crippen LogP contribution in [0.5, 0.6) is 5.75 Å². The number of hydrogen-bond acceptors (Lipinski definition) is 12. The summed E-state index contributed by atoms with van der Waals surface area (Å²) < 4.78 is 5.38. The van der Waals surface area contributed by atoms with Gasteiger partial charge in [-0.25, -0.2) is 4.79 Å². The molecule has 0 aliphatic carbocycles. The van der Waals surface area contributed by atoms with Crippen LogP contribution in [0.25, 0.3) is 10.9 Å². The van der Waals surface area contributed by atoms with Crippen LogP contribution in [0.3, 0.4) is 0 Å². The van der Waals surface area contributed by atoms with E-state index in [4.69, 9.17) is 4.74 Å². The Morgan fingerprint density at radius 2 is 1.39 bits per heavy atom. The number of imide groups is 1. The zero-order chi connectivity index (χ0) is 57.2. The third-order valence-electron chi connectivity index (χ3n) is 14.2. The van der Waals surface area contributed by atoms with Gasteiger partial charge in [0.05, 0.1) is 12.1 Å². The monoisotopic (exact) mass is 1090 g/mol. The van der Waals surface area contributed by atoms with Crippen molar-refractivity contribution in [3.05, 3.63) is 114 Å². The van der Waals surface area contributed by atoms with Gasteiger partial charge in [-0.05, 0) is 114 Å². The van der Waals surface area contributed by atoms with Crippen molar-refractivity contribution in [2.75, 3.05) is 26.7 Å². The first-order valence-corrected chi connectivity index (χ1v) is 27.2. The predicted octanol–water partition coefficient (Wildman–Crippen LogP) is 4.46. The van der Waals surface area contributed by atoms with Crippen LogP contribution in [-0.2, 0) is 62.4 Å². The number of carbonyl (C=O) groups is 9. The van der Waals surface area contributed by atoms with Gasteiger partial charge in [-0.15, -0.1) is 0 Å². The molecule has 8 amide bonds. The lowest BCUT2D eigenvalue weighted by Crippen LogP contribution is -2.59. The number of ether oxygens (including phenoxy) is 1. The summed E-state index contributed by atoms with van der Waals surface area (Å²) in [5, 5.41) is 36.6. The quantitative estimate of drug-likeness (QED) is 0.0478. The molecule has 20 nitrogen and oxygen atoms in total. The average molecular weight is 1090 g/mol. The molecule has 1 aromatic heterocycles. The fraction of sp³-hybridized carbons (Fsp3) is 0.475. The number of nitrogens with one attached hydrogen (secondary N) is 6. The Bertz CT molecular complexity index is 2790. The molecule has 0 spiro atoms. The van der Waals surface area contributed by atoms with Gasteiger partial charge < -0.3 is 51.4 Å². The Labute approximate surface area is 460 Å². The number of aromatic hydroxyl groups is 1. The molecule has 0 unspecified atom stereocenters. The molecule has 0 saturated carbocycles. The number of unbranched alkanes of at least 4 members (excludes halogenated alkanes) is 1. The summed E-state index contributed by atoms with van der Waals surface area (Å²) >= 11 is 0. The van der Waals surface area contributed by atoms with Gasteiger partial charge in [0.1, 0.15) is 23.4 Å². The maximum atomic E-state index is 15.1. The van der Waals surface area contributed by atoms with Gasteiger partial charge in [0, 0.05) is 93.1 Å². The van der Waals surface area contributed by atoms with Crippen LogP contribution in [-0.4, -0.2) is 141 Å². The highest BCUT2D eigenvalue weighted by atomic mass is 16.6. The average Bonchev–Trinajstić information content (AvgIpc) is 3.98. The highest BCUT2D eigenvalue weighted by molar-refractivity contribution is 6.12. The summed E-state index contributed by atoms with van der Waals surface area (Å²) in [4.78, 5) is 130. The smallest absolute Gasteiger partial charge is 0.407 e. The number of phenols is 1. The molecule has 0 radical (unpaired) electrons. The van der Waals surface area contributed by atoms with Crippen LogP contribution in [0.1, 0.15) is 102 Å². The fourth-order valence-corrected chi connectivity index (χ4v) is 9.92. The van der Waals surface area contributed by atoms with Crippen LogP contribution in [0.4, 0.5) is 4.79 Å². The number of rotatable bonds is 19. The number of hydrogen-bond donors (Lipinski definition) is 8. The van der Waals surface area contributed by atoms with E-state index >= 15 is 14.4 Å². The first-order valence-electron chi connectivity index (χ1n) is 27.2. The normalized spacial score (nSPS) is 21.5. The van der Waals surface area contributed by atoms with Crippen LogP contribution in [0.15, 0.2) is 97.2 Å². The number of aromatic nitrogens is 1. The molecule has 7 atom stereocenters. The first kappa shape index (κ1) is 60.4. The summed E-state index contributed by atoms with van der Waals surface area (Å²) in [6.07, 6.45) is 3.52. The number of amides is 8. The second-order valence-electron chi connectivity index (χ2n) is 21.6. The Morgan fingerprint density at radius 3 is 2.09 bits per heavy atom. The number of alkyl carbamates (subject to hydrolysis) is 1. The molecule has 3 heterocycles. The number of likely N-dealkylation sites (N-methyl/N-ethyl adjacent to an activating group) is 1. The van der Waals surface area contributed by atoms with Gasteiger partial charge in [0.25, 0.3) is 11.8 Å². The van der Waals surface area contributed by atoms with Crippen molar-refractivity contribution < 1.29 is 58.1 Å². The third kappa shape index (κ3) is 18.4. The highest BCUT2D eigenvalue weighted by Crippen LogP contribution is 2.26. The summed E-state index contributed by atoms with van der Waals surface area (Å²) in [5.41, 5.74) is 2.32. The SMILES string of the molecule is C[C@@H](O)[C@@H]1NC(=O)[C@H](CCCCNC(=O)OC(C)(C)C)CC[C@@H](Cc2c[nH]c3ccccc23)NC(=O)[C@H](Cc2ccc(O)cc2)CC(=O)[C@H](CCC(=O)NCCCN2C(=O)C=CC2=O)N(C)C(=O)[C@H](Cc2ccccc2)NC1=O. The summed E-state index contributed by atoms with van der Waals surface area (Å²) in [6, 6.07) is 17.9. The predicted molar refractivity (Wildman–Crippen MR) is 295 cm³/mol. The van der Waals surface area contributed by atoms with E-state index < -0.39 is 107 Å². The van der Waals surface area contributed by atoms with E-state index in [0.29, 0.717) is 36.8 Å². The van der Waals surface area contributed by atoms with Gasteiger partial charge in [0.2, 0.25) is 29.5 Å². The summed E-state index contributed by atoms with van der Waals surface area (Å²) in [5.74, 6) is -6.37. The van der Waals surface area contributed by atoms with E-state index in [2.05, 4.69) is 31.6 Å². The lowest BCUT2D eigenvalue weighted by atomic mass is 9.88. The van der Waals surface area contributed by atoms with Crippen LogP contribution in [0, 0.1) is 11.8 Å². The van der Waals surface area contributed by atoms with E-state index in [1.165, 1.54) is 43.2 Å². The van der Waals surface area contributed by atoms with Crippen molar-refractivity contribution in [1.82, 2.24) is 41.4 Å². The number of H-pyrrole nitrogens is 1. The van der Waals surface area contributed by atoms with Gasteiger partial charge in [-0.2, -0.15) is 0 Å². The van der Waals surface area contributed by atoms with Crippen molar-refractivity contribution in [3.63, 3.8) is 0 Å². The highest BCUT2D eigenvalue weighted by Gasteiger charge is 2.38. The molecule has 0 bridgehead atoms. The minimum Gasteiger partial charge on any atom is -0.508 e. The minimum atomic E-state index is -1.54. The number of benzene rings is 3. The second-order valence-corrected chi connectivity index (χ2v) is 21.6. The van der Waals surface area contributed by atoms with Crippen LogP contribution < -0.4 is 26.6 Å². The summed E-state index contributed by atoms with van der Waals surface area (Å²) in [6.45, 7) is 7.04. The molecule has 2 aliphatic rings. The van der Waals surface area contributed by atoms with Crippen molar-refractivity contribution in [2.24, 2.45) is 11.8 Å². The minimum absolute atomic E-state index is 0.00361. The molecule has 424 valence electrons. The Balaban J connectivity index is 1.35. The first-order chi connectivity index (χ1) is 37.6. The number of aliphatic hydroxyl groups excluding tert-OH is 1. The number of ketones is 1. The fourth-order valence-electron chi connectivity index (χ4n) is 9.92.